The molecule has 0 aliphatic heterocycles. The van der Waals surface area contributed by atoms with Gasteiger partial charge >= 0.3 is 0 Å². The smallest absolute Gasteiger partial charge is 0.257 e. The number of aryl methyl sites for hydroxylation is 2. The number of nitrogens with zero attached hydrogens (tertiary/aromatic N) is 1. The monoisotopic (exact) mass is 444 g/mol. The lowest BCUT2D eigenvalue weighted by Gasteiger charge is -2.14. The molecule has 4 aromatic rings. The largest absolute Gasteiger partial charge is 0.361 e. The molecule has 0 fully saturated rings. The predicted molar refractivity (Wildman–Crippen MR) is 133 cm³/mol. The molecule has 0 saturated carbocycles. The molecule has 32 heavy (non-hydrogen) atoms. The zero-order valence-electron chi connectivity index (χ0n) is 18.1. The molecule has 3 aromatic carbocycles. The lowest BCUT2D eigenvalue weighted by atomic mass is 10.1. The van der Waals surface area contributed by atoms with Gasteiger partial charge in [-0.1, -0.05) is 47.5 Å². The van der Waals surface area contributed by atoms with Crippen LogP contribution in [0.4, 0.5) is 5.69 Å². The van der Waals surface area contributed by atoms with E-state index >= 15 is 0 Å². The van der Waals surface area contributed by atoms with E-state index in [4.69, 9.17) is 11.6 Å². The van der Waals surface area contributed by atoms with E-state index in [1.165, 1.54) is 10.9 Å². The average Bonchev–Trinajstić information content (AvgIpc) is 3.18. The lowest BCUT2D eigenvalue weighted by Crippen LogP contribution is -2.36. The molecule has 0 unspecified atom stereocenters. The van der Waals surface area contributed by atoms with E-state index in [2.05, 4.69) is 32.7 Å². The summed E-state index contributed by atoms with van der Waals surface area (Å²) >= 11 is 6.09. The third-order valence-corrected chi connectivity index (χ3v) is 5.51. The summed E-state index contributed by atoms with van der Waals surface area (Å²) < 4.78 is 0. The van der Waals surface area contributed by atoms with E-state index in [0.717, 1.165) is 28.8 Å². The third kappa shape index (κ3) is 5.18. The van der Waals surface area contributed by atoms with Gasteiger partial charge in [0.25, 0.3) is 5.91 Å². The van der Waals surface area contributed by atoms with Gasteiger partial charge in [0.2, 0.25) is 5.96 Å². The zero-order chi connectivity index (χ0) is 22.5. The number of amides is 1. The van der Waals surface area contributed by atoms with Gasteiger partial charge in [-0.05, 0) is 67.8 Å². The maximum atomic E-state index is 12.8. The Labute approximate surface area is 192 Å². The number of benzene rings is 3. The summed E-state index contributed by atoms with van der Waals surface area (Å²) in [6.07, 6.45) is 2.76. The summed E-state index contributed by atoms with van der Waals surface area (Å²) in [7, 11) is 0. The molecule has 4 rings (SSSR count). The standard InChI is InChI=1S/C26H25ClN4O/c1-17-6-5-7-19(14-17)25(32)31-26(30-23-11-10-21(27)15-18(23)2)28-13-12-20-16-29-24-9-4-3-8-22(20)24/h3-11,14-16,29H,12-13H2,1-2H3,(H2,28,30,31,32). The molecule has 0 spiro atoms. The summed E-state index contributed by atoms with van der Waals surface area (Å²) in [4.78, 5) is 20.8. The molecular weight excluding hydrogens is 420 g/mol. The van der Waals surface area contributed by atoms with Crippen LogP contribution in [-0.2, 0) is 6.42 Å². The fourth-order valence-corrected chi connectivity index (χ4v) is 3.82. The van der Waals surface area contributed by atoms with Crippen molar-refractivity contribution in [2.75, 3.05) is 11.9 Å². The number of aliphatic imine (C=N–C) groups is 1. The Morgan fingerprint density at radius 3 is 2.69 bits per heavy atom. The topological polar surface area (TPSA) is 69.3 Å². The minimum absolute atomic E-state index is 0.210. The van der Waals surface area contributed by atoms with Gasteiger partial charge in [0.1, 0.15) is 0 Å². The molecule has 0 saturated heterocycles. The van der Waals surface area contributed by atoms with Crippen molar-refractivity contribution in [2.45, 2.75) is 20.3 Å². The van der Waals surface area contributed by atoms with Crippen molar-refractivity contribution in [3.63, 3.8) is 0 Å². The van der Waals surface area contributed by atoms with Gasteiger partial charge in [0.05, 0.1) is 0 Å². The lowest BCUT2D eigenvalue weighted by molar-refractivity contribution is 0.0977. The van der Waals surface area contributed by atoms with Crippen LogP contribution in [0.2, 0.25) is 5.02 Å². The van der Waals surface area contributed by atoms with Crippen LogP contribution in [-0.4, -0.2) is 23.4 Å². The van der Waals surface area contributed by atoms with Crippen molar-refractivity contribution in [1.82, 2.24) is 10.3 Å². The molecular formula is C26H25ClN4O. The van der Waals surface area contributed by atoms with Crippen LogP contribution < -0.4 is 10.6 Å². The molecule has 5 nitrogen and oxygen atoms in total. The Kier molecular flexibility index (Phi) is 6.57. The Hall–Kier alpha value is -3.57. The molecule has 3 N–H and O–H groups in total. The van der Waals surface area contributed by atoms with Crippen LogP contribution in [0.25, 0.3) is 10.9 Å². The summed E-state index contributed by atoms with van der Waals surface area (Å²) in [5, 5.41) is 8.04. The number of rotatable bonds is 5. The number of fused-ring (bicyclic) bond motifs is 1. The molecule has 0 aliphatic rings. The maximum absolute atomic E-state index is 12.8. The number of H-pyrrole nitrogens is 1. The van der Waals surface area contributed by atoms with Crippen molar-refractivity contribution in [1.29, 1.82) is 0 Å². The molecule has 162 valence electrons. The SMILES string of the molecule is Cc1cccc(C(=O)NC(=NCCc2c[nH]c3ccccc23)Nc2ccc(Cl)cc2C)c1. The number of aromatic amines is 1. The molecule has 1 aromatic heterocycles. The molecule has 0 radical (unpaired) electrons. The molecule has 1 heterocycles. The molecule has 1 amide bonds. The van der Waals surface area contributed by atoms with E-state index in [9.17, 15) is 4.79 Å². The Morgan fingerprint density at radius 2 is 1.88 bits per heavy atom. The van der Waals surface area contributed by atoms with E-state index in [1.54, 1.807) is 6.07 Å². The maximum Gasteiger partial charge on any atom is 0.257 e. The van der Waals surface area contributed by atoms with Gasteiger partial charge in [-0.15, -0.1) is 0 Å². The van der Waals surface area contributed by atoms with Crippen molar-refractivity contribution >= 4 is 40.1 Å². The normalized spacial score (nSPS) is 11.5. The highest BCUT2D eigenvalue weighted by Gasteiger charge is 2.11. The highest BCUT2D eigenvalue weighted by molar-refractivity contribution is 6.30. The average molecular weight is 445 g/mol. The van der Waals surface area contributed by atoms with Crippen LogP contribution in [0.1, 0.15) is 27.0 Å². The molecule has 0 aliphatic carbocycles. The minimum Gasteiger partial charge on any atom is -0.361 e. The number of nitrogens with one attached hydrogen (secondary N) is 3. The summed E-state index contributed by atoms with van der Waals surface area (Å²) in [5.41, 5.74) is 5.71. The highest BCUT2D eigenvalue weighted by Crippen LogP contribution is 2.20. The first-order valence-corrected chi connectivity index (χ1v) is 10.9. The minimum atomic E-state index is -0.210. The Bertz CT molecular complexity index is 1290. The summed E-state index contributed by atoms with van der Waals surface area (Å²) in [5.74, 6) is 0.195. The fraction of sp³-hybridized carbons (Fsp3) is 0.154. The number of carbonyl (C=O) groups is 1. The van der Waals surface area contributed by atoms with Crippen LogP contribution in [0.15, 0.2) is 77.9 Å². The zero-order valence-corrected chi connectivity index (χ0v) is 18.8. The number of halogens is 1. The van der Waals surface area contributed by atoms with Crippen LogP contribution >= 0.6 is 11.6 Å². The van der Waals surface area contributed by atoms with Gasteiger partial charge < -0.3 is 10.3 Å². The molecule has 6 heteroatoms. The number of hydrogen-bond acceptors (Lipinski definition) is 2. The van der Waals surface area contributed by atoms with Crippen molar-refractivity contribution in [3.8, 4) is 0 Å². The highest BCUT2D eigenvalue weighted by atomic mass is 35.5. The van der Waals surface area contributed by atoms with Crippen molar-refractivity contribution in [2.24, 2.45) is 4.99 Å². The fourth-order valence-electron chi connectivity index (χ4n) is 3.60. The number of aromatic nitrogens is 1. The Balaban J connectivity index is 1.54. The second-order valence-electron chi connectivity index (χ2n) is 7.75. The second-order valence-corrected chi connectivity index (χ2v) is 8.18. The van der Waals surface area contributed by atoms with Crippen molar-refractivity contribution < 1.29 is 4.79 Å². The van der Waals surface area contributed by atoms with Crippen LogP contribution in [0.3, 0.4) is 0 Å². The van der Waals surface area contributed by atoms with Crippen LogP contribution in [0, 0.1) is 13.8 Å². The first-order chi connectivity index (χ1) is 15.5. The number of para-hydroxylation sites is 1. The third-order valence-electron chi connectivity index (χ3n) is 5.28. The summed E-state index contributed by atoms with van der Waals surface area (Å²) in [6.45, 7) is 4.44. The Morgan fingerprint density at radius 1 is 1.03 bits per heavy atom. The van der Waals surface area contributed by atoms with Gasteiger partial charge in [-0.25, -0.2) is 0 Å². The van der Waals surface area contributed by atoms with E-state index in [0.29, 0.717) is 23.1 Å². The summed E-state index contributed by atoms with van der Waals surface area (Å²) in [6, 6.07) is 21.2. The molecule has 0 atom stereocenters. The van der Waals surface area contributed by atoms with E-state index in [-0.39, 0.29) is 5.91 Å². The van der Waals surface area contributed by atoms with E-state index < -0.39 is 0 Å². The van der Waals surface area contributed by atoms with Gasteiger partial charge in [0.15, 0.2) is 0 Å². The quantitative estimate of drug-likeness (QED) is 0.266. The van der Waals surface area contributed by atoms with E-state index in [1.807, 2.05) is 68.6 Å². The van der Waals surface area contributed by atoms with Gasteiger partial charge in [-0.3, -0.25) is 15.1 Å². The predicted octanol–water partition coefficient (Wildman–Crippen LogP) is 5.88. The second kappa shape index (κ2) is 9.71. The first kappa shape index (κ1) is 21.7. The number of guanidine groups is 1. The van der Waals surface area contributed by atoms with Gasteiger partial charge in [-0.2, -0.15) is 0 Å². The number of anilines is 1. The van der Waals surface area contributed by atoms with Crippen LogP contribution in [0.5, 0.6) is 0 Å². The number of hydrogen-bond donors (Lipinski definition) is 3. The first-order valence-electron chi connectivity index (χ1n) is 10.5. The molecule has 0 bridgehead atoms. The van der Waals surface area contributed by atoms with Gasteiger partial charge in [0, 0.05) is 39.9 Å². The van der Waals surface area contributed by atoms with Crippen molar-refractivity contribution in [3.05, 3.63) is 100 Å². The number of carbonyl (C=O) groups excluding carboxylic acids is 1.